The van der Waals surface area contributed by atoms with E-state index in [9.17, 15) is 4.79 Å². The minimum atomic E-state index is 0. The molecular weight excluding hydrogens is 403 g/mol. The minimum Gasteiger partial charge on any atom is -0.355 e. The largest absolute Gasteiger partial charge is 0.355 e. The molecule has 2 heterocycles. The summed E-state index contributed by atoms with van der Waals surface area (Å²) in [4.78, 5) is 19.0. The average molecular weight is 433 g/mol. The van der Waals surface area contributed by atoms with E-state index in [1.54, 1.807) is 11.3 Å². The Balaban J connectivity index is 0.00000182. The first kappa shape index (κ1) is 24.1. The van der Waals surface area contributed by atoms with Crippen LogP contribution in [-0.2, 0) is 11.2 Å². The standard InChI is InChI=1S/C19H28N4OS.2ClH/c1-20-10-6-15-8-12-23(13-9-15)14-18(24)21-11-7-19-22-16-4-2-3-5-17(16)25-19;;/h2-5,15,20H,6-14H2,1H3,(H,21,24);2*1H. The summed E-state index contributed by atoms with van der Waals surface area (Å²) in [6, 6.07) is 8.17. The third-order valence-electron chi connectivity index (χ3n) is 4.88. The van der Waals surface area contributed by atoms with Crippen molar-refractivity contribution in [1.29, 1.82) is 0 Å². The number of rotatable bonds is 8. The molecule has 8 heteroatoms. The first-order valence-corrected chi connectivity index (χ1v) is 10.0. The molecule has 0 radical (unpaired) electrons. The Morgan fingerprint density at radius 2 is 1.96 bits per heavy atom. The summed E-state index contributed by atoms with van der Waals surface area (Å²) in [6.07, 6.45) is 4.47. The summed E-state index contributed by atoms with van der Waals surface area (Å²) >= 11 is 1.71. The van der Waals surface area contributed by atoms with Gasteiger partial charge in [-0.3, -0.25) is 9.69 Å². The highest BCUT2D eigenvalue weighted by Crippen LogP contribution is 2.21. The van der Waals surface area contributed by atoms with Gasteiger partial charge in [0, 0.05) is 13.0 Å². The summed E-state index contributed by atoms with van der Waals surface area (Å²) in [6.45, 7) is 4.37. The Labute approximate surface area is 178 Å². The van der Waals surface area contributed by atoms with Crippen molar-refractivity contribution in [3.8, 4) is 0 Å². The predicted octanol–water partition coefficient (Wildman–Crippen LogP) is 3.12. The van der Waals surface area contributed by atoms with Crippen LogP contribution in [0.25, 0.3) is 10.2 Å². The number of piperidine rings is 1. The van der Waals surface area contributed by atoms with E-state index in [2.05, 4.69) is 26.6 Å². The molecule has 1 aromatic heterocycles. The van der Waals surface area contributed by atoms with Crippen LogP contribution in [0.5, 0.6) is 0 Å². The first-order valence-electron chi connectivity index (χ1n) is 9.22. The fraction of sp³-hybridized carbons (Fsp3) is 0.579. The molecule has 1 aliphatic rings. The van der Waals surface area contributed by atoms with Crippen molar-refractivity contribution in [3.63, 3.8) is 0 Å². The van der Waals surface area contributed by atoms with Gasteiger partial charge in [-0.25, -0.2) is 4.98 Å². The van der Waals surface area contributed by atoms with Crippen molar-refractivity contribution in [3.05, 3.63) is 29.3 Å². The van der Waals surface area contributed by atoms with Gasteiger partial charge in [0.1, 0.15) is 0 Å². The quantitative estimate of drug-likeness (QED) is 0.672. The lowest BCUT2D eigenvalue weighted by molar-refractivity contribution is -0.122. The maximum Gasteiger partial charge on any atom is 0.234 e. The van der Waals surface area contributed by atoms with Crippen LogP contribution in [0.2, 0.25) is 0 Å². The first-order chi connectivity index (χ1) is 12.2. The van der Waals surface area contributed by atoms with Crippen molar-refractivity contribution >= 4 is 52.3 Å². The van der Waals surface area contributed by atoms with Crippen molar-refractivity contribution in [2.45, 2.75) is 25.7 Å². The number of halogens is 2. The van der Waals surface area contributed by atoms with E-state index < -0.39 is 0 Å². The van der Waals surface area contributed by atoms with E-state index in [0.29, 0.717) is 13.1 Å². The zero-order valence-corrected chi connectivity index (χ0v) is 18.2. The second kappa shape index (κ2) is 12.5. The van der Waals surface area contributed by atoms with E-state index in [-0.39, 0.29) is 30.7 Å². The number of benzene rings is 1. The van der Waals surface area contributed by atoms with Crippen molar-refractivity contribution in [2.75, 3.05) is 39.8 Å². The number of carbonyl (C=O) groups is 1. The molecule has 152 valence electrons. The van der Waals surface area contributed by atoms with Crippen LogP contribution in [0, 0.1) is 5.92 Å². The highest BCUT2D eigenvalue weighted by molar-refractivity contribution is 7.18. The topological polar surface area (TPSA) is 57.3 Å². The molecule has 0 unspecified atom stereocenters. The Kier molecular flexibility index (Phi) is 11.2. The van der Waals surface area contributed by atoms with Gasteiger partial charge in [-0.15, -0.1) is 36.2 Å². The molecule has 1 aliphatic heterocycles. The Morgan fingerprint density at radius 3 is 2.67 bits per heavy atom. The zero-order valence-electron chi connectivity index (χ0n) is 15.8. The normalized spacial score (nSPS) is 15.1. The number of fused-ring (bicyclic) bond motifs is 1. The number of carbonyl (C=O) groups excluding carboxylic acids is 1. The molecule has 3 rings (SSSR count). The summed E-state index contributed by atoms with van der Waals surface area (Å²) in [5.41, 5.74) is 1.05. The molecule has 2 N–H and O–H groups in total. The fourth-order valence-electron chi connectivity index (χ4n) is 3.38. The highest BCUT2D eigenvalue weighted by Gasteiger charge is 2.20. The van der Waals surface area contributed by atoms with Crippen LogP contribution in [0.4, 0.5) is 0 Å². The van der Waals surface area contributed by atoms with Gasteiger partial charge < -0.3 is 10.6 Å². The molecule has 5 nitrogen and oxygen atoms in total. The molecule has 1 amide bonds. The highest BCUT2D eigenvalue weighted by atomic mass is 35.5. The van der Waals surface area contributed by atoms with E-state index in [4.69, 9.17) is 0 Å². The van der Waals surface area contributed by atoms with Crippen LogP contribution >= 0.6 is 36.2 Å². The van der Waals surface area contributed by atoms with Crippen LogP contribution in [-0.4, -0.2) is 55.6 Å². The lowest BCUT2D eigenvalue weighted by atomic mass is 9.93. The number of para-hydroxylation sites is 1. The Hall–Kier alpha value is -0.920. The molecule has 0 spiro atoms. The molecular formula is C19H30Cl2N4OS. The second-order valence-corrected chi connectivity index (χ2v) is 7.90. The van der Waals surface area contributed by atoms with Gasteiger partial charge in [0.15, 0.2) is 0 Å². The lowest BCUT2D eigenvalue weighted by Crippen LogP contribution is -2.42. The molecule has 1 fully saturated rings. The number of aromatic nitrogens is 1. The van der Waals surface area contributed by atoms with Crippen LogP contribution in [0.15, 0.2) is 24.3 Å². The number of likely N-dealkylation sites (tertiary alicyclic amines) is 1. The van der Waals surface area contributed by atoms with Gasteiger partial charge in [0.25, 0.3) is 0 Å². The van der Waals surface area contributed by atoms with Crippen LogP contribution < -0.4 is 10.6 Å². The maximum absolute atomic E-state index is 12.1. The minimum absolute atomic E-state index is 0. The summed E-state index contributed by atoms with van der Waals surface area (Å²) in [5, 5.41) is 7.36. The van der Waals surface area contributed by atoms with Gasteiger partial charge in [-0.1, -0.05) is 12.1 Å². The molecule has 0 atom stereocenters. The number of amides is 1. The number of hydrogen-bond acceptors (Lipinski definition) is 5. The van der Waals surface area contributed by atoms with Crippen LogP contribution in [0.3, 0.4) is 0 Å². The average Bonchev–Trinajstić information content (AvgIpc) is 3.04. The Morgan fingerprint density at radius 1 is 1.22 bits per heavy atom. The molecule has 0 saturated carbocycles. The number of hydrogen-bond donors (Lipinski definition) is 2. The Bertz CT molecular complexity index is 656. The lowest BCUT2D eigenvalue weighted by Gasteiger charge is -2.31. The van der Waals surface area contributed by atoms with E-state index in [1.807, 2.05) is 25.2 Å². The van der Waals surface area contributed by atoms with Gasteiger partial charge in [-0.2, -0.15) is 0 Å². The van der Waals surface area contributed by atoms with Gasteiger partial charge in [0.2, 0.25) is 5.91 Å². The summed E-state index contributed by atoms with van der Waals surface area (Å²) in [7, 11) is 2.01. The second-order valence-electron chi connectivity index (χ2n) is 6.79. The monoisotopic (exact) mass is 432 g/mol. The van der Waals surface area contributed by atoms with Crippen molar-refractivity contribution < 1.29 is 4.79 Å². The fourth-order valence-corrected chi connectivity index (χ4v) is 4.34. The molecule has 0 bridgehead atoms. The molecule has 1 aromatic carbocycles. The maximum atomic E-state index is 12.1. The van der Waals surface area contributed by atoms with Crippen LogP contribution in [0.1, 0.15) is 24.3 Å². The number of nitrogens with zero attached hydrogens (tertiary/aromatic N) is 2. The van der Waals surface area contributed by atoms with Crippen molar-refractivity contribution in [1.82, 2.24) is 20.5 Å². The number of nitrogens with one attached hydrogen (secondary N) is 2. The van der Waals surface area contributed by atoms with Gasteiger partial charge in [0.05, 0.1) is 21.8 Å². The smallest absolute Gasteiger partial charge is 0.234 e. The van der Waals surface area contributed by atoms with Gasteiger partial charge in [-0.05, 0) is 64.0 Å². The van der Waals surface area contributed by atoms with E-state index in [1.165, 1.54) is 24.0 Å². The van der Waals surface area contributed by atoms with E-state index in [0.717, 1.165) is 42.5 Å². The number of thiazole rings is 1. The zero-order chi connectivity index (χ0) is 17.5. The summed E-state index contributed by atoms with van der Waals surface area (Å²) < 4.78 is 1.21. The van der Waals surface area contributed by atoms with E-state index >= 15 is 0 Å². The third kappa shape index (κ3) is 7.54. The molecule has 2 aromatic rings. The molecule has 27 heavy (non-hydrogen) atoms. The SMILES string of the molecule is CNCCC1CCN(CC(=O)NCCc2nc3ccccc3s2)CC1.Cl.Cl. The molecule has 1 saturated heterocycles. The van der Waals surface area contributed by atoms with Crippen molar-refractivity contribution in [2.24, 2.45) is 5.92 Å². The van der Waals surface area contributed by atoms with Gasteiger partial charge >= 0.3 is 0 Å². The predicted molar refractivity (Wildman–Crippen MR) is 119 cm³/mol. The third-order valence-corrected chi connectivity index (χ3v) is 5.97. The summed E-state index contributed by atoms with van der Waals surface area (Å²) in [5.74, 6) is 0.945. The molecule has 0 aliphatic carbocycles.